The number of carboxylic acid groups (broad SMARTS) is 1. The summed E-state index contributed by atoms with van der Waals surface area (Å²) in [6.07, 6.45) is 6.48. The second kappa shape index (κ2) is 12.2. The zero-order valence-electron chi connectivity index (χ0n) is 23.8. The Labute approximate surface area is 240 Å². The zero-order valence-corrected chi connectivity index (χ0v) is 23.8. The Kier molecular flexibility index (Phi) is 8.70. The highest BCUT2D eigenvalue weighted by molar-refractivity contribution is 6.12. The summed E-state index contributed by atoms with van der Waals surface area (Å²) in [4.78, 5) is 37.8. The van der Waals surface area contributed by atoms with Crippen molar-refractivity contribution < 1.29 is 28.9 Å². The number of aliphatic hydroxyl groups is 1. The molecule has 41 heavy (non-hydrogen) atoms. The van der Waals surface area contributed by atoms with Crippen molar-refractivity contribution in [3.05, 3.63) is 53.5 Å². The SMILES string of the molecule is CC(C)(O)C1CCN(CCOc2cc3c(cn2)CC(=NC(=O)c2cccc(F)c2)N3C2CCC(C(=O)O)CC2)CC1. The molecule has 3 heterocycles. The summed E-state index contributed by atoms with van der Waals surface area (Å²) in [7, 11) is 0. The summed E-state index contributed by atoms with van der Waals surface area (Å²) in [5.74, 6) is -0.814. The fraction of sp³-hybridized carbons (Fsp3) is 0.548. The van der Waals surface area contributed by atoms with E-state index in [2.05, 4.69) is 14.9 Å². The number of amides is 1. The number of hydrogen-bond donors (Lipinski definition) is 2. The Balaban J connectivity index is 1.29. The van der Waals surface area contributed by atoms with Crippen LogP contribution in [0.15, 0.2) is 41.5 Å². The predicted molar refractivity (Wildman–Crippen MR) is 153 cm³/mol. The van der Waals surface area contributed by atoms with Gasteiger partial charge in [-0.25, -0.2) is 9.37 Å². The van der Waals surface area contributed by atoms with Gasteiger partial charge in [0.05, 0.1) is 17.2 Å². The van der Waals surface area contributed by atoms with Crippen molar-refractivity contribution in [3.8, 4) is 5.88 Å². The number of amidine groups is 1. The molecule has 2 fully saturated rings. The summed E-state index contributed by atoms with van der Waals surface area (Å²) in [5, 5.41) is 19.8. The number of hydrogen-bond acceptors (Lipinski definition) is 6. The third kappa shape index (κ3) is 6.93. The number of halogens is 1. The lowest BCUT2D eigenvalue weighted by molar-refractivity contribution is -0.142. The van der Waals surface area contributed by atoms with Crippen LogP contribution < -0.4 is 9.64 Å². The van der Waals surface area contributed by atoms with E-state index in [1.54, 1.807) is 12.3 Å². The molecule has 2 N–H and O–H groups in total. The highest BCUT2D eigenvalue weighted by Gasteiger charge is 2.37. The number of aliphatic imine (C=N–C) groups is 1. The average Bonchev–Trinajstić information content (AvgIpc) is 3.30. The van der Waals surface area contributed by atoms with Gasteiger partial charge in [-0.15, -0.1) is 0 Å². The number of nitrogens with zero attached hydrogens (tertiary/aromatic N) is 4. The van der Waals surface area contributed by atoms with Crippen LogP contribution in [0.2, 0.25) is 0 Å². The maximum Gasteiger partial charge on any atom is 0.306 e. The van der Waals surface area contributed by atoms with Crippen LogP contribution in [0.4, 0.5) is 10.1 Å². The first kappa shape index (κ1) is 29.1. The van der Waals surface area contributed by atoms with E-state index >= 15 is 0 Å². The Hall–Kier alpha value is -3.37. The number of benzene rings is 1. The van der Waals surface area contributed by atoms with E-state index in [4.69, 9.17) is 4.74 Å². The predicted octanol–water partition coefficient (Wildman–Crippen LogP) is 4.33. The van der Waals surface area contributed by atoms with Crippen LogP contribution in [-0.4, -0.2) is 75.7 Å². The summed E-state index contributed by atoms with van der Waals surface area (Å²) in [6, 6.07) is 7.36. The number of piperidine rings is 1. The largest absolute Gasteiger partial charge is 0.481 e. The Morgan fingerprint density at radius 1 is 1.12 bits per heavy atom. The Morgan fingerprint density at radius 2 is 1.85 bits per heavy atom. The van der Waals surface area contributed by atoms with Gasteiger partial charge < -0.3 is 19.8 Å². The molecular formula is C31H39FN4O5. The highest BCUT2D eigenvalue weighted by atomic mass is 19.1. The van der Waals surface area contributed by atoms with Gasteiger partial charge in [-0.05, 0) is 89.6 Å². The summed E-state index contributed by atoms with van der Waals surface area (Å²) in [6.45, 7) is 6.83. The molecule has 1 aromatic heterocycles. The summed E-state index contributed by atoms with van der Waals surface area (Å²) in [5.41, 5.74) is 1.30. The van der Waals surface area contributed by atoms with Crippen LogP contribution in [0.3, 0.4) is 0 Å². The number of carboxylic acids is 1. The zero-order chi connectivity index (χ0) is 29.1. The standard InChI is InChI=1S/C31H39FN4O5/c1-31(2,40)23-10-12-35(13-11-23)14-15-41-28-18-26-22(19-33-28)17-27(34-29(37)21-4-3-5-24(32)16-21)36(26)25-8-6-20(7-9-25)30(38)39/h3-5,16,18-20,23,25,40H,6-15,17H2,1-2H3,(H,38,39). The fourth-order valence-corrected chi connectivity index (χ4v) is 6.32. The number of likely N-dealkylation sites (tertiary alicyclic amines) is 1. The number of rotatable bonds is 8. The molecule has 0 bridgehead atoms. The smallest absolute Gasteiger partial charge is 0.306 e. The van der Waals surface area contributed by atoms with Gasteiger partial charge in [-0.3, -0.25) is 14.5 Å². The first-order chi connectivity index (χ1) is 19.6. The van der Waals surface area contributed by atoms with Crippen LogP contribution in [0.5, 0.6) is 5.88 Å². The lowest BCUT2D eigenvalue weighted by atomic mass is 9.83. The molecule has 1 aliphatic carbocycles. The van der Waals surface area contributed by atoms with E-state index in [-0.39, 0.29) is 17.5 Å². The lowest BCUT2D eigenvalue weighted by Crippen LogP contribution is -2.43. The van der Waals surface area contributed by atoms with Crippen molar-refractivity contribution in [2.75, 3.05) is 31.1 Å². The van der Waals surface area contributed by atoms with E-state index in [1.807, 2.05) is 24.8 Å². The van der Waals surface area contributed by atoms with E-state index < -0.39 is 23.3 Å². The van der Waals surface area contributed by atoms with Gasteiger partial charge in [0.1, 0.15) is 18.3 Å². The normalized spacial score (nSPS) is 23.0. The van der Waals surface area contributed by atoms with Gasteiger partial charge in [0.25, 0.3) is 5.91 Å². The minimum absolute atomic E-state index is 0.0155. The van der Waals surface area contributed by atoms with E-state index in [1.165, 1.54) is 18.2 Å². The maximum absolute atomic E-state index is 13.8. The quantitative estimate of drug-likeness (QED) is 0.485. The number of pyridine rings is 1. The number of fused-ring (bicyclic) bond motifs is 1. The molecule has 9 nitrogen and oxygen atoms in total. The highest BCUT2D eigenvalue weighted by Crippen LogP contribution is 2.38. The second-order valence-electron chi connectivity index (χ2n) is 12.0. The van der Waals surface area contributed by atoms with Crippen molar-refractivity contribution >= 4 is 23.4 Å². The van der Waals surface area contributed by atoms with E-state index in [0.717, 1.165) is 43.7 Å². The molecule has 0 spiro atoms. The number of aromatic nitrogens is 1. The number of aliphatic carboxylic acids is 1. The van der Waals surface area contributed by atoms with Crippen LogP contribution in [0, 0.1) is 17.7 Å². The Bertz CT molecular complexity index is 1290. The maximum atomic E-state index is 13.8. The molecule has 0 atom stereocenters. The van der Waals surface area contributed by atoms with Gasteiger partial charge in [-0.1, -0.05) is 6.07 Å². The molecule has 1 amide bonds. The van der Waals surface area contributed by atoms with Crippen LogP contribution in [-0.2, 0) is 11.2 Å². The second-order valence-corrected chi connectivity index (χ2v) is 12.0. The van der Waals surface area contributed by atoms with Gasteiger partial charge in [0.15, 0.2) is 0 Å². The molecule has 0 radical (unpaired) electrons. The molecule has 2 aliphatic heterocycles. The molecular weight excluding hydrogens is 527 g/mol. The summed E-state index contributed by atoms with van der Waals surface area (Å²) < 4.78 is 19.8. The molecule has 1 saturated heterocycles. The van der Waals surface area contributed by atoms with E-state index in [0.29, 0.717) is 56.3 Å². The fourth-order valence-electron chi connectivity index (χ4n) is 6.32. The Morgan fingerprint density at radius 3 is 2.51 bits per heavy atom. The number of carbonyl (C=O) groups excluding carboxylic acids is 1. The van der Waals surface area contributed by atoms with Crippen LogP contribution in [0.25, 0.3) is 0 Å². The molecule has 2 aromatic rings. The van der Waals surface area contributed by atoms with Crippen LogP contribution in [0.1, 0.15) is 68.3 Å². The summed E-state index contributed by atoms with van der Waals surface area (Å²) >= 11 is 0. The molecule has 220 valence electrons. The van der Waals surface area contributed by atoms with Crippen molar-refractivity contribution in [2.45, 2.75) is 70.4 Å². The average molecular weight is 567 g/mol. The first-order valence-corrected chi connectivity index (χ1v) is 14.5. The number of carbonyl (C=O) groups is 2. The van der Waals surface area contributed by atoms with Crippen molar-refractivity contribution in [2.24, 2.45) is 16.8 Å². The van der Waals surface area contributed by atoms with Gasteiger partial charge >= 0.3 is 5.97 Å². The first-order valence-electron chi connectivity index (χ1n) is 14.5. The number of anilines is 1. The molecule has 3 aliphatic rings. The molecule has 5 rings (SSSR count). The molecule has 0 unspecified atom stereocenters. The van der Waals surface area contributed by atoms with Crippen molar-refractivity contribution in [3.63, 3.8) is 0 Å². The third-order valence-corrected chi connectivity index (χ3v) is 8.78. The van der Waals surface area contributed by atoms with Gasteiger partial charge in [-0.2, -0.15) is 4.99 Å². The molecule has 1 aromatic carbocycles. The van der Waals surface area contributed by atoms with Gasteiger partial charge in [0.2, 0.25) is 5.88 Å². The monoisotopic (exact) mass is 566 g/mol. The van der Waals surface area contributed by atoms with E-state index in [9.17, 15) is 24.2 Å². The van der Waals surface area contributed by atoms with Crippen molar-refractivity contribution in [1.82, 2.24) is 9.88 Å². The molecule has 1 saturated carbocycles. The third-order valence-electron chi connectivity index (χ3n) is 8.78. The van der Waals surface area contributed by atoms with Crippen LogP contribution >= 0.6 is 0 Å². The lowest BCUT2D eigenvalue weighted by Gasteiger charge is -2.37. The van der Waals surface area contributed by atoms with Gasteiger partial charge in [0, 0.05) is 42.4 Å². The molecule has 10 heteroatoms. The minimum atomic E-state index is -0.773. The number of ether oxygens (including phenoxy) is 1. The topological polar surface area (TPSA) is 116 Å². The van der Waals surface area contributed by atoms with Crippen molar-refractivity contribution in [1.29, 1.82) is 0 Å². The minimum Gasteiger partial charge on any atom is -0.481 e.